The van der Waals surface area contributed by atoms with Gasteiger partial charge in [-0.2, -0.15) is 0 Å². The lowest BCUT2D eigenvalue weighted by Crippen LogP contribution is -2.52. The molecule has 0 aliphatic carbocycles. The molecule has 2 fully saturated rings. The van der Waals surface area contributed by atoms with Gasteiger partial charge < -0.3 is 14.2 Å². The van der Waals surface area contributed by atoms with Gasteiger partial charge in [0.05, 0.1) is 5.60 Å². The van der Waals surface area contributed by atoms with Crippen molar-refractivity contribution in [2.45, 2.75) is 95.2 Å². The maximum Gasteiger partial charge on any atom is 0.320 e. The SMILES string of the molecule is CCC1OC(=O)C(C)C(=O)C(C)CC(C)(OC)CC(C)C(=O)C(C)C2C(Sc3ccccc3)C(=O)OC12C. The summed E-state index contributed by atoms with van der Waals surface area (Å²) in [5, 5.41) is -0.665. The van der Waals surface area contributed by atoms with Crippen LogP contribution in [0.4, 0.5) is 0 Å². The number of rotatable bonds is 4. The molecule has 7 nitrogen and oxygen atoms in total. The monoisotopic (exact) mass is 546 g/mol. The van der Waals surface area contributed by atoms with Crippen LogP contribution in [0.1, 0.15) is 67.7 Å². The van der Waals surface area contributed by atoms with Crippen molar-refractivity contribution in [3.05, 3.63) is 30.3 Å². The quantitative estimate of drug-likeness (QED) is 0.372. The largest absolute Gasteiger partial charge is 0.458 e. The van der Waals surface area contributed by atoms with Gasteiger partial charge in [-0.05, 0) is 52.2 Å². The van der Waals surface area contributed by atoms with E-state index < -0.39 is 58.2 Å². The molecule has 0 saturated carbocycles. The second kappa shape index (κ2) is 11.9. The van der Waals surface area contributed by atoms with Crippen molar-refractivity contribution in [1.82, 2.24) is 0 Å². The van der Waals surface area contributed by atoms with Crippen LogP contribution in [0, 0.1) is 29.6 Å². The van der Waals surface area contributed by atoms with Crippen molar-refractivity contribution in [3.8, 4) is 0 Å². The summed E-state index contributed by atoms with van der Waals surface area (Å²) in [6.07, 6.45) is 0.338. The van der Waals surface area contributed by atoms with Crippen LogP contribution in [0.3, 0.4) is 0 Å². The van der Waals surface area contributed by atoms with Gasteiger partial charge >= 0.3 is 11.9 Å². The van der Waals surface area contributed by atoms with Gasteiger partial charge in [-0.3, -0.25) is 19.2 Å². The minimum absolute atomic E-state index is 0.00736. The number of Topliss-reactive ketones (excluding diaryl/α,β-unsaturated/α-hetero) is 2. The predicted molar refractivity (Wildman–Crippen MR) is 146 cm³/mol. The number of carbonyl (C=O) groups excluding carboxylic acids is 4. The molecule has 1 aromatic carbocycles. The Morgan fingerprint density at radius 1 is 0.921 bits per heavy atom. The second-order valence-corrected chi connectivity index (χ2v) is 12.7. The van der Waals surface area contributed by atoms with Gasteiger partial charge in [0.2, 0.25) is 0 Å². The van der Waals surface area contributed by atoms with Gasteiger partial charge in [-0.25, -0.2) is 0 Å². The van der Waals surface area contributed by atoms with Crippen LogP contribution < -0.4 is 0 Å². The number of ether oxygens (including phenoxy) is 3. The molecule has 9 unspecified atom stereocenters. The molecule has 2 aliphatic heterocycles. The third-order valence-corrected chi connectivity index (χ3v) is 9.81. The fourth-order valence-corrected chi connectivity index (χ4v) is 7.76. The van der Waals surface area contributed by atoms with Crippen molar-refractivity contribution >= 4 is 35.3 Å². The zero-order chi connectivity index (χ0) is 28.4. The Morgan fingerprint density at radius 3 is 2.05 bits per heavy atom. The lowest BCUT2D eigenvalue weighted by Gasteiger charge is -2.41. The fourth-order valence-electron chi connectivity index (χ4n) is 6.36. The van der Waals surface area contributed by atoms with Gasteiger partial charge in [-0.1, -0.05) is 45.9 Å². The zero-order valence-corrected chi connectivity index (χ0v) is 24.6. The van der Waals surface area contributed by atoms with E-state index in [-0.39, 0.29) is 17.5 Å². The molecule has 210 valence electrons. The number of hydrogen-bond donors (Lipinski definition) is 0. The van der Waals surface area contributed by atoms with E-state index in [1.54, 1.807) is 27.9 Å². The number of carbonyl (C=O) groups is 4. The second-order valence-electron chi connectivity index (χ2n) is 11.5. The van der Waals surface area contributed by atoms with Gasteiger partial charge in [0.1, 0.15) is 28.8 Å². The predicted octanol–water partition coefficient (Wildman–Crippen LogP) is 5.28. The van der Waals surface area contributed by atoms with Crippen LogP contribution in [0.15, 0.2) is 35.2 Å². The van der Waals surface area contributed by atoms with Crippen LogP contribution in [-0.2, 0) is 33.4 Å². The molecular weight excluding hydrogens is 504 g/mol. The van der Waals surface area contributed by atoms with Gasteiger partial charge in [-0.15, -0.1) is 11.8 Å². The minimum atomic E-state index is -1.24. The maximum absolute atomic E-state index is 14.0. The molecule has 0 spiro atoms. The Morgan fingerprint density at radius 2 is 1.50 bits per heavy atom. The summed E-state index contributed by atoms with van der Waals surface area (Å²) in [5.74, 6) is -4.28. The van der Waals surface area contributed by atoms with E-state index in [9.17, 15) is 19.2 Å². The molecule has 8 heteroatoms. The highest BCUT2D eigenvalue weighted by Gasteiger charge is 2.61. The van der Waals surface area contributed by atoms with Crippen LogP contribution in [0.2, 0.25) is 0 Å². The highest BCUT2D eigenvalue weighted by molar-refractivity contribution is 8.00. The van der Waals surface area contributed by atoms with Crippen molar-refractivity contribution in [3.63, 3.8) is 0 Å². The van der Waals surface area contributed by atoms with E-state index in [0.29, 0.717) is 19.3 Å². The number of thioether (sulfide) groups is 1. The van der Waals surface area contributed by atoms with Crippen LogP contribution in [0.5, 0.6) is 0 Å². The molecule has 2 heterocycles. The van der Waals surface area contributed by atoms with Crippen molar-refractivity contribution < 1.29 is 33.4 Å². The third-order valence-electron chi connectivity index (χ3n) is 8.52. The molecule has 1 aromatic rings. The topological polar surface area (TPSA) is 96.0 Å². The van der Waals surface area contributed by atoms with Gasteiger partial charge in [0.15, 0.2) is 5.60 Å². The van der Waals surface area contributed by atoms with Crippen molar-refractivity contribution in [2.24, 2.45) is 29.6 Å². The van der Waals surface area contributed by atoms with Crippen LogP contribution >= 0.6 is 11.8 Å². The number of fused-ring (bicyclic) bond motifs is 1. The zero-order valence-electron chi connectivity index (χ0n) is 23.8. The van der Waals surface area contributed by atoms with E-state index in [1.807, 2.05) is 58.0 Å². The molecule has 2 aliphatic rings. The number of cyclic esters (lactones) is 1. The Bertz CT molecular complexity index is 1040. The smallest absolute Gasteiger partial charge is 0.320 e. The molecule has 38 heavy (non-hydrogen) atoms. The summed E-state index contributed by atoms with van der Waals surface area (Å²) in [7, 11) is 1.58. The molecule has 2 saturated heterocycles. The molecular formula is C30H42O7S. The summed E-state index contributed by atoms with van der Waals surface area (Å²) < 4.78 is 17.8. The first-order valence-corrected chi connectivity index (χ1v) is 14.4. The Labute approximate surface area is 230 Å². The summed E-state index contributed by atoms with van der Waals surface area (Å²) in [6.45, 7) is 12.6. The van der Waals surface area contributed by atoms with E-state index >= 15 is 0 Å². The highest BCUT2D eigenvalue weighted by atomic mass is 32.2. The van der Waals surface area contributed by atoms with Crippen LogP contribution in [-0.4, -0.2) is 53.2 Å². The first-order valence-electron chi connectivity index (χ1n) is 13.6. The van der Waals surface area contributed by atoms with Crippen molar-refractivity contribution in [1.29, 1.82) is 0 Å². The van der Waals surface area contributed by atoms with Crippen molar-refractivity contribution in [2.75, 3.05) is 7.11 Å². The first-order chi connectivity index (χ1) is 17.8. The average molecular weight is 547 g/mol. The molecule has 0 bridgehead atoms. The summed E-state index contributed by atoms with van der Waals surface area (Å²) in [6, 6.07) is 9.53. The number of esters is 2. The third kappa shape index (κ3) is 6.01. The number of methoxy groups -OCH3 is 1. The summed E-state index contributed by atoms with van der Waals surface area (Å²) >= 11 is 1.37. The Kier molecular flexibility index (Phi) is 9.51. The van der Waals surface area contributed by atoms with Gasteiger partial charge in [0, 0.05) is 35.7 Å². The summed E-state index contributed by atoms with van der Waals surface area (Å²) in [4.78, 5) is 54.7. The molecule has 3 rings (SSSR count). The molecule has 0 amide bonds. The standard InChI is InChI=1S/C30H42O7S/c1-9-22-30(7)23(26(28(34)37-30)38-21-13-11-10-12-14-21)19(4)24(31)17(2)15-29(6,35-8)16-18(3)25(32)20(5)27(33)36-22/h10-14,17-20,22-23,26H,9,15-16H2,1-8H3. The minimum Gasteiger partial charge on any atom is -0.458 e. The molecule has 0 radical (unpaired) electrons. The molecule has 0 N–H and O–H groups in total. The number of ketones is 2. The lowest BCUT2D eigenvalue weighted by molar-refractivity contribution is -0.183. The average Bonchev–Trinajstić information content (AvgIpc) is 3.14. The maximum atomic E-state index is 14.0. The fraction of sp³-hybridized carbons (Fsp3) is 0.667. The molecule has 0 aromatic heterocycles. The van der Waals surface area contributed by atoms with E-state index in [0.717, 1.165) is 4.90 Å². The number of hydrogen-bond acceptors (Lipinski definition) is 8. The van der Waals surface area contributed by atoms with E-state index in [1.165, 1.54) is 11.8 Å². The van der Waals surface area contributed by atoms with E-state index in [2.05, 4.69) is 0 Å². The highest BCUT2D eigenvalue weighted by Crippen LogP contribution is 2.50. The van der Waals surface area contributed by atoms with Crippen LogP contribution in [0.25, 0.3) is 0 Å². The Balaban J connectivity index is 2.11. The molecule has 9 atom stereocenters. The number of benzene rings is 1. The van der Waals surface area contributed by atoms with E-state index in [4.69, 9.17) is 14.2 Å². The first kappa shape index (κ1) is 30.4. The summed E-state index contributed by atoms with van der Waals surface area (Å²) in [5.41, 5.74) is -1.99. The normalized spacial score (nSPS) is 39.2. The van der Waals surface area contributed by atoms with Gasteiger partial charge in [0.25, 0.3) is 0 Å². The Hall–Kier alpha value is -2.19. The lowest BCUT2D eigenvalue weighted by atomic mass is 9.70.